The van der Waals surface area contributed by atoms with Gasteiger partial charge in [-0.2, -0.15) is 4.98 Å². The maximum absolute atomic E-state index is 9.97. The Bertz CT molecular complexity index is 1530. The van der Waals surface area contributed by atoms with Crippen LogP contribution in [0, 0.1) is 5.41 Å². The van der Waals surface area contributed by atoms with Crippen LogP contribution in [0.2, 0.25) is 5.02 Å². The van der Waals surface area contributed by atoms with E-state index in [4.69, 9.17) is 25.8 Å². The number of imidazole rings is 1. The maximum atomic E-state index is 9.97. The van der Waals surface area contributed by atoms with Gasteiger partial charge in [-0.25, -0.2) is 0 Å². The van der Waals surface area contributed by atoms with Crippen molar-refractivity contribution in [1.29, 1.82) is 0 Å². The minimum absolute atomic E-state index is 0.0183. The quantitative estimate of drug-likeness (QED) is 0.252. The first-order chi connectivity index (χ1) is 19.9. The van der Waals surface area contributed by atoms with Gasteiger partial charge in [0.2, 0.25) is 0 Å². The van der Waals surface area contributed by atoms with Crippen molar-refractivity contribution in [3.05, 3.63) is 71.2 Å². The van der Waals surface area contributed by atoms with Gasteiger partial charge in [0.25, 0.3) is 6.01 Å². The van der Waals surface area contributed by atoms with Crippen LogP contribution in [0.1, 0.15) is 5.56 Å². The van der Waals surface area contributed by atoms with Gasteiger partial charge in [0.1, 0.15) is 18.3 Å². The molecule has 1 aromatic heterocycles. The van der Waals surface area contributed by atoms with E-state index in [1.807, 2.05) is 12.1 Å². The van der Waals surface area contributed by atoms with Gasteiger partial charge in [0.05, 0.1) is 42.5 Å². The highest BCUT2D eigenvalue weighted by Crippen LogP contribution is 2.35. The van der Waals surface area contributed by atoms with E-state index in [1.165, 1.54) is 5.56 Å². The molecule has 3 saturated heterocycles. The smallest absolute Gasteiger partial charge is 0.295 e. The molecule has 0 saturated carbocycles. The summed E-state index contributed by atoms with van der Waals surface area (Å²) in [6.45, 7) is 2.83. The second-order valence-corrected chi connectivity index (χ2v) is 11.9. The Morgan fingerprint density at radius 1 is 0.927 bits per heavy atom. The van der Waals surface area contributed by atoms with E-state index in [0.29, 0.717) is 30.7 Å². The molecule has 7 rings (SSSR count). The summed E-state index contributed by atoms with van der Waals surface area (Å²) < 4.78 is 17.3. The maximum Gasteiger partial charge on any atom is 0.295 e. The van der Waals surface area contributed by atoms with Crippen molar-refractivity contribution in [2.75, 3.05) is 39.5 Å². The summed E-state index contributed by atoms with van der Waals surface area (Å²) >= 11 is 6.69. The van der Waals surface area contributed by atoms with Gasteiger partial charge in [0.15, 0.2) is 6.10 Å². The molecule has 3 fully saturated rings. The molecule has 4 heterocycles. The van der Waals surface area contributed by atoms with Crippen molar-refractivity contribution >= 4 is 22.6 Å². The van der Waals surface area contributed by atoms with Gasteiger partial charge in [-0.1, -0.05) is 60.1 Å². The third-order valence-electron chi connectivity index (χ3n) is 8.47. The largest absolute Gasteiger partial charge is 0.456 e. The van der Waals surface area contributed by atoms with Gasteiger partial charge in [0, 0.05) is 30.6 Å². The Hall–Kier alpha value is -3.02. The molecule has 214 valence electrons. The van der Waals surface area contributed by atoms with Crippen molar-refractivity contribution in [2.45, 2.75) is 31.0 Å². The number of hydrogen-bond donors (Lipinski definition) is 4. The molecule has 0 amide bonds. The number of hydrogen-bond acceptors (Lipinski definition) is 8. The predicted octanol–water partition coefficient (Wildman–Crippen LogP) is 3.24. The van der Waals surface area contributed by atoms with Crippen LogP contribution in [-0.4, -0.2) is 94.1 Å². The third-order valence-corrected chi connectivity index (χ3v) is 8.78. The molecule has 0 spiro atoms. The molecule has 4 N–H and O–H groups in total. The molecule has 10 heteroatoms. The molecule has 0 aliphatic carbocycles. The Kier molecular flexibility index (Phi) is 6.99. The normalized spacial score (nSPS) is 25.4. The molecule has 41 heavy (non-hydrogen) atoms. The average Bonchev–Trinajstić information content (AvgIpc) is 3.67. The van der Waals surface area contributed by atoms with Gasteiger partial charge >= 0.3 is 0 Å². The number of rotatable bonds is 8. The molecule has 0 radical (unpaired) electrons. The van der Waals surface area contributed by atoms with Crippen LogP contribution in [-0.2, 0) is 16.0 Å². The second kappa shape index (κ2) is 10.7. The summed E-state index contributed by atoms with van der Waals surface area (Å²) in [6.07, 6.45) is -1.65. The fourth-order valence-corrected chi connectivity index (χ4v) is 6.41. The Balaban J connectivity index is 1.03. The number of H-pyrrole nitrogens is 1. The first-order valence-corrected chi connectivity index (χ1v) is 14.2. The molecule has 0 unspecified atom stereocenters. The third kappa shape index (κ3) is 5.02. The van der Waals surface area contributed by atoms with Crippen LogP contribution in [0.3, 0.4) is 0 Å². The summed E-state index contributed by atoms with van der Waals surface area (Å²) in [6, 6.07) is 20.9. The van der Waals surface area contributed by atoms with E-state index < -0.39 is 6.10 Å². The lowest BCUT2D eigenvalue weighted by molar-refractivity contribution is -0.0786. The molecule has 4 atom stereocenters. The highest BCUT2D eigenvalue weighted by Gasteiger charge is 2.48. The molecule has 3 aliphatic heterocycles. The number of aromatic nitrogens is 2. The van der Waals surface area contributed by atoms with Crippen LogP contribution >= 0.6 is 11.6 Å². The topological polar surface area (TPSA) is 120 Å². The number of nitrogens with one attached hydrogen (secondary N) is 1. The van der Waals surface area contributed by atoms with Crippen LogP contribution in [0.15, 0.2) is 60.7 Å². The minimum Gasteiger partial charge on any atom is -0.456 e. The highest BCUT2D eigenvalue weighted by molar-refractivity contribution is 6.34. The minimum atomic E-state index is -0.631. The van der Waals surface area contributed by atoms with Crippen molar-refractivity contribution in [3.63, 3.8) is 0 Å². The van der Waals surface area contributed by atoms with Gasteiger partial charge in [-0.3, -0.25) is 4.90 Å². The molecule has 3 aromatic carbocycles. The van der Waals surface area contributed by atoms with Crippen molar-refractivity contribution in [3.8, 4) is 28.3 Å². The van der Waals surface area contributed by atoms with Crippen LogP contribution in [0.5, 0.6) is 6.01 Å². The van der Waals surface area contributed by atoms with Gasteiger partial charge < -0.3 is 34.5 Å². The molecule has 3 aliphatic rings. The molecule has 4 aromatic rings. The monoisotopic (exact) mass is 577 g/mol. The number of fused-ring (bicyclic) bond motifs is 2. The number of aliphatic hydroxyl groups excluding tert-OH is 3. The fraction of sp³-hybridized carbons (Fsp3) is 0.387. The summed E-state index contributed by atoms with van der Waals surface area (Å²) in [5, 5.41) is 29.6. The Morgan fingerprint density at radius 2 is 1.59 bits per heavy atom. The van der Waals surface area contributed by atoms with E-state index in [-0.39, 0.29) is 43.5 Å². The summed E-state index contributed by atoms with van der Waals surface area (Å²) in [5.74, 6) is 0. The van der Waals surface area contributed by atoms with E-state index in [9.17, 15) is 15.3 Å². The summed E-state index contributed by atoms with van der Waals surface area (Å²) in [4.78, 5) is 10.0. The molecule has 0 bridgehead atoms. The van der Waals surface area contributed by atoms with E-state index >= 15 is 0 Å². The highest BCUT2D eigenvalue weighted by atomic mass is 35.5. The molecular formula is C31H32ClN3O6. The first kappa shape index (κ1) is 26.9. The zero-order valence-corrected chi connectivity index (χ0v) is 23.1. The van der Waals surface area contributed by atoms with Crippen molar-refractivity contribution in [2.24, 2.45) is 5.41 Å². The fourth-order valence-electron chi connectivity index (χ4n) is 6.14. The molecular weight excluding hydrogens is 546 g/mol. The van der Waals surface area contributed by atoms with Crippen LogP contribution in [0.4, 0.5) is 0 Å². The summed E-state index contributed by atoms with van der Waals surface area (Å²) in [7, 11) is 0. The zero-order valence-electron chi connectivity index (χ0n) is 22.4. The standard InChI is InChI=1S/C31H32ClN3O6/c32-23-10-25-24(33-30(34-25)41-27-13-40-28-26(38)12-39-29(27)28)9-22(23)21-7-5-20(6-8-21)19-3-1-18(2-4-19)11-35-14-31(15-35,16-36)17-37/h1-10,26-29,36-38H,11-17H2,(H,33,34)/t26-,27-,28-,29-/m1/s1. The molecule has 9 nitrogen and oxygen atoms in total. The average molecular weight is 578 g/mol. The lowest BCUT2D eigenvalue weighted by Gasteiger charge is -2.48. The first-order valence-electron chi connectivity index (χ1n) is 13.8. The number of aromatic amines is 1. The Labute approximate surface area is 242 Å². The Morgan fingerprint density at radius 3 is 2.29 bits per heavy atom. The number of benzene rings is 3. The van der Waals surface area contributed by atoms with Crippen molar-refractivity contribution < 1.29 is 29.5 Å². The zero-order chi connectivity index (χ0) is 28.1. The SMILES string of the molecule is OCC1(CO)CN(Cc2ccc(-c3ccc(-c4cc5nc(O[C@@H]6CO[C@H]7[C@@H]6OC[C@H]7O)[nH]c5cc4Cl)cc3)cc2)C1. The number of halogens is 1. The lowest BCUT2D eigenvalue weighted by atomic mass is 9.81. The van der Waals surface area contributed by atoms with E-state index in [0.717, 1.165) is 39.8 Å². The van der Waals surface area contributed by atoms with Crippen LogP contribution in [0.25, 0.3) is 33.3 Å². The number of aliphatic hydroxyl groups is 3. The summed E-state index contributed by atoms with van der Waals surface area (Å²) in [5.41, 5.74) is 6.44. The second-order valence-electron chi connectivity index (χ2n) is 11.4. The van der Waals surface area contributed by atoms with Gasteiger partial charge in [-0.05, 0) is 34.4 Å². The number of ether oxygens (including phenoxy) is 3. The number of nitrogens with zero attached hydrogens (tertiary/aromatic N) is 2. The number of likely N-dealkylation sites (tertiary alicyclic amines) is 1. The van der Waals surface area contributed by atoms with Gasteiger partial charge in [-0.15, -0.1) is 0 Å². The lowest BCUT2D eigenvalue weighted by Crippen LogP contribution is -2.59. The predicted molar refractivity (Wildman–Crippen MR) is 154 cm³/mol. The van der Waals surface area contributed by atoms with E-state index in [2.05, 4.69) is 63.4 Å². The van der Waals surface area contributed by atoms with Crippen molar-refractivity contribution in [1.82, 2.24) is 14.9 Å². The van der Waals surface area contributed by atoms with E-state index in [1.54, 1.807) is 0 Å². The van der Waals surface area contributed by atoms with Crippen LogP contribution < -0.4 is 4.74 Å².